The van der Waals surface area contributed by atoms with Crippen molar-refractivity contribution in [3.8, 4) is 0 Å². The van der Waals surface area contributed by atoms with E-state index in [9.17, 15) is 22.8 Å². The quantitative estimate of drug-likeness (QED) is 0.665. The highest BCUT2D eigenvalue weighted by Crippen LogP contribution is 2.19. The van der Waals surface area contributed by atoms with Gasteiger partial charge < -0.3 is 4.90 Å². The Morgan fingerprint density at radius 1 is 1.07 bits per heavy atom. The second-order valence-electron chi connectivity index (χ2n) is 3.54. The lowest BCUT2D eigenvalue weighted by Gasteiger charge is -2.26. The molecule has 0 aromatic rings. The van der Waals surface area contributed by atoms with E-state index in [0.717, 1.165) is 19.3 Å². The number of alkyl halides is 3. The van der Waals surface area contributed by atoms with Crippen molar-refractivity contribution in [3.63, 3.8) is 0 Å². The Kier molecular flexibility index (Phi) is 3.71. The van der Waals surface area contributed by atoms with Crippen molar-refractivity contribution in [1.82, 2.24) is 4.90 Å². The number of Topliss-reactive ketones (excluding diaryl/α,β-unsaturated/α-hetero) is 1. The number of hydrogen-bond acceptors (Lipinski definition) is 2. The Labute approximate surface area is 85.2 Å². The minimum atomic E-state index is -4.90. The van der Waals surface area contributed by atoms with Gasteiger partial charge in [0.05, 0.1) is 6.42 Å². The van der Waals surface area contributed by atoms with Crippen LogP contribution < -0.4 is 0 Å². The van der Waals surface area contributed by atoms with Gasteiger partial charge in [-0.2, -0.15) is 13.2 Å². The summed E-state index contributed by atoms with van der Waals surface area (Å²) in [6.07, 6.45) is -3.37. The fourth-order valence-corrected chi connectivity index (χ4v) is 1.49. The van der Waals surface area contributed by atoms with Crippen LogP contribution in [0.5, 0.6) is 0 Å². The van der Waals surface area contributed by atoms with Crippen molar-refractivity contribution in [2.45, 2.75) is 31.9 Å². The van der Waals surface area contributed by atoms with Crippen LogP contribution in [0.15, 0.2) is 0 Å². The van der Waals surface area contributed by atoms with Crippen molar-refractivity contribution in [2.24, 2.45) is 0 Å². The molecule has 86 valence electrons. The van der Waals surface area contributed by atoms with Crippen LogP contribution in [0.3, 0.4) is 0 Å². The van der Waals surface area contributed by atoms with Crippen LogP contribution in [0, 0.1) is 0 Å². The molecule has 0 aliphatic carbocycles. The first-order valence-electron chi connectivity index (χ1n) is 4.79. The third-order valence-electron chi connectivity index (χ3n) is 2.34. The standard InChI is InChI=1S/C9H12F3NO2/c10-9(11,12)7(14)6-8(15)13-4-2-1-3-5-13/h1-6H2. The zero-order chi connectivity index (χ0) is 11.5. The molecule has 0 unspecified atom stereocenters. The molecule has 0 saturated carbocycles. The molecular formula is C9H12F3NO2. The van der Waals surface area contributed by atoms with Gasteiger partial charge in [-0.15, -0.1) is 0 Å². The molecule has 15 heavy (non-hydrogen) atoms. The minimum Gasteiger partial charge on any atom is -0.342 e. The Bertz CT molecular complexity index is 257. The number of carbonyl (C=O) groups excluding carboxylic acids is 2. The van der Waals surface area contributed by atoms with E-state index in [2.05, 4.69) is 0 Å². The molecule has 1 aliphatic heterocycles. The van der Waals surface area contributed by atoms with Gasteiger partial charge in [0, 0.05) is 13.1 Å². The number of amides is 1. The minimum absolute atomic E-state index is 0.462. The second kappa shape index (κ2) is 4.63. The van der Waals surface area contributed by atoms with Crippen molar-refractivity contribution < 1.29 is 22.8 Å². The summed E-state index contributed by atoms with van der Waals surface area (Å²) in [6.45, 7) is 0.925. The molecule has 1 fully saturated rings. The number of halogens is 3. The van der Waals surface area contributed by atoms with E-state index in [0.29, 0.717) is 13.1 Å². The predicted molar refractivity (Wildman–Crippen MR) is 46.1 cm³/mol. The van der Waals surface area contributed by atoms with Crippen LogP contribution in [0.2, 0.25) is 0 Å². The number of piperidine rings is 1. The van der Waals surface area contributed by atoms with Gasteiger partial charge in [-0.1, -0.05) is 0 Å². The Morgan fingerprint density at radius 2 is 1.60 bits per heavy atom. The predicted octanol–water partition coefficient (Wildman–Crippen LogP) is 1.52. The first kappa shape index (κ1) is 12.0. The maximum Gasteiger partial charge on any atom is 0.450 e. The monoisotopic (exact) mass is 223 g/mol. The molecule has 0 spiro atoms. The fraction of sp³-hybridized carbons (Fsp3) is 0.778. The third-order valence-corrected chi connectivity index (χ3v) is 2.34. The molecule has 0 aromatic carbocycles. The summed E-state index contributed by atoms with van der Waals surface area (Å²) in [4.78, 5) is 23.1. The van der Waals surface area contributed by atoms with E-state index in [-0.39, 0.29) is 0 Å². The number of likely N-dealkylation sites (tertiary alicyclic amines) is 1. The summed E-state index contributed by atoms with van der Waals surface area (Å²) in [5.74, 6) is -2.67. The van der Waals surface area contributed by atoms with Gasteiger partial charge in [0.25, 0.3) is 0 Å². The van der Waals surface area contributed by atoms with Crippen molar-refractivity contribution in [3.05, 3.63) is 0 Å². The molecule has 0 bridgehead atoms. The maximum atomic E-state index is 11.9. The zero-order valence-corrected chi connectivity index (χ0v) is 8.14. The Morgan fingerprint density at radius 3 is 2.07 bits per heavy atom. The highest BCUT2D eigenvalue weighted by atomic mass is 19.4. The number of hydrogen-bond donors (Lipinski definition) is 0. The summed E-state index contributed by atoms with van der Waals surface area (Å²) < 4.78 is 35.6. The summed E-state index contributed by atoms with van der Waals surface area (Å²) >= 11 is 0. The van der Waals surface area contributed by atoms with Gasteiger partial charge in [0.1, 0.15) is 0 Å². The average molecular weight is 223 g/mol. The van der Waals surface area contributed by atoms with E-state index >= 15 is 0 Å². The van der Waals surface area contributed by atoms with E-state index < -0.39 is 24.3 Å². The molecule has 0 aromatic heterocycles. The summed E-state index contributed by atoms with van der Waals surface area (Å²) in [6, 6.07) is 0. The lowest BCUT2D eigenvalue weighted by Crippen LogP contribution is -2.38. The first-order chi connectivity index (χ1) is 6.91. The van der Waals surface area contributed by atoms with Crippen LogP contribution in [-0.2, 0) is 9.59 Å². The highest BCUT2D eigenvalue weighted by Gasteiger charge is 2.39. The van der Waals surface area contributed by atoms with Gasteiger partial charge in [-0.3, -0.25) is 9.59 Å². The molecule has 3 nitrogen and oxygen atoms in total. The van der Waals surface area contributed by atoms with Gasteiger partial charge in [0.15, 0.2) is 0 Å². The number of rotatable bonds is 2. The highest BCUT2D eigenvalue weighted by molar-refractivity contribution is 6.00. The van der Waals surface area contributed by atoms with Crippen LogP contribution in [0.25, 0.3) is 0 Å². The normalized spacial score (nSPS) is 17.7. The molecule has 0 atom stereocenters. The maximum absolute atomic E-state index is 11.9. The van der Waals surface area contributed by atoms with E-state index in [1.165, 1.54) is 4.90 Å². The Balaban J connectivity index is 2.44. The third kappa shape index (κ3) is 3.53. The number of ketones is 1. The lowest BCUT2D eigenvalue weighted by molar-refractivity contribution is -0.173. The number of nitrogens with zero attached hydrogens (tertiary/aromatic N) is 1. The smallest absolute Gasteiger partial charge is 0.342 e. The summed E-state index contributed by atoms with van der Waals surface area (Å²) in [7, 11) is 0. The fourth-order valence-electron chi connectivity index (χ4n) is 1.49. The zero-order valence-electron chi connectivity index (χ0n) is 8.14. The summed E-state index contributed by atoms with van der Waals surface area (Å²) in [5, 5.41) is 0. The molecule has 1 rings (SSSR count). The van der Waals surface area contributed by atoms with E-state index in [4.69, 9.17) is 0 Å². The largest absolute Gasteiger partial charge is 0.450 e. The van der Waals surface area contributed by atoms with Gasteiger partial charge in [-0.25, -0.2) is 0 Å². The average Bonchev–Trinajstić information content (AvgIpc) is 2.17. The first-order valence-corrected chi connectivity index (χ1v) is 4.79. The topological polar surface area (TPSA) is 37.4 Å². The molecule has 6 heteroatoms. The van der Waals surface area contributed by atoms with Crippen molar-refractivity contribution in [2.75, 3.05) is 13.1 Å². The van der Waals surface area contributed by atoms with E-state index in [1.807, 2.05) is 0 Å². The van der Waals surface area contributed by atoms with Crippen molar-refractivity contribution >= 4 is 11.7 Å². The second-order valence-corrected chi connectivity index (χ2v) is 3.54. The van der Waals surface area contributed by atoms with Crippen LogP contribution >= 0.6 is 0 Å². The van der Waals surface area contributed by atoms with E-state index in [1.54, 1.807) is 0 Å². The van der Waals surface area contributed by atoms with Crippen LogP contribution in [0.4, 0.5) is 13.2 Å². The molecule has 1 amide bonds. The van der Waals surface area contributed by atoms with Crippen LogP contribution in [0.1, 0.15) is 25.7 Å². The molecule has 0 radical (unpaired) electrons. The van der Waals surface area contributed by atoms with Crippen molar-refractivity contribution in [1.29, 1.82) is 0 Å². The lowest BCUT2D eigenvalue weighted by atomic mass is 10.1. The SMILES string of the molecule is O=C(CC(=O)C(F)(F)F)N1CCCCC1. The molecule has 1 aliphatic rings. The van der Waals surface area contributed by atoms with Gasteiger partial charge in [0.2, 0.25) is 11.7 Å². The number of carbonyl (C=O) groups is 2. The van der Waals surface area contributed by atoms with Gasteiger partial charge >= 0.3 is 6.18 Å². The Hall–Kier alpha value is -1.07. The van der Waals surface area contributed by atoms with Crippen LogP contribution in [-0.4, -0.2) is 35.9 Å². The van der Waals surface area contributed by atoms with Gasteiger partial charge in [-0.05, 0) is 19.3 Å². The summed E-state index contributed by atoms with van der Waals surface area (Å²) in [5.41, 5.74) is 0. The molecule has 1 heterocycles. The molecule has 1 saturated heterocycles. The molecular weight excluding hydrogens is 211 g/mol. The molecule has 0 N–H and O–H groups in total.